The van der Waals surface area contributed by atoms with Gasteiger partial charge in [0.2, 0.25) is 5.91 Å². The summed E-state index contributed by atoms with van der Waals surface area (Å²) >= 11 is 0. The van der Waals surface area contributed by atoms with Gasteiger partial charge in [0.25, 0.3) is 0 Å². The molecule has 1 atom stereocenters. The summed E-state index contributed by atoms with van der Waals surface area (Å²) < 4.78 is 0. The van der Waals surface area contributed by atoms with E-state index in [0.717, 1.165) is 11.3 Å². The SMILES string of the molecule is CC(C)CC(=O)NC(C)c1ccc(N)cc1. The Balaban J connectivity index is 2.55. The predicted molar refractivity (Wildman–Crippen MR) is 66.9 cm³/mol. The first-order valence-corrected chi connectivity index (χ1v) is 5.64. The Labute approximate surface area is 97.0 Å². The van der Waals surface area contributed by atoms with Gasteiger partial charge in [0, 0.05) is 12.1 Å². The summed E-state index contributed by atoms with van der Waals surface area (Å²) in [6, 6.07) is 7.61. The smallest absolute Gasteiger partial charge is 0.220 e. The minimum Gasteiger partial charge on any atom is -0.399 e. The maximum Gasteiger partial charge on any atom is 0.220 e. The highest BCUT2D eigenvalue weighted by molar-refractivity contribution is 5.76. The number of anilines is 1. The van der Waals surface area contributed by atoms with Crippen molar-refractivity contribution in [3.63, 3.8) is 0 Å². The molecule has 1 unspecified atom stereocenters. The third-order valence-electron chi connectivity index (χ3n) is 2.41. The summed E-state index contributed by atoms with van der Waals surface area (Å²) in [5, 5.41) is 2.97. The fourth-order valence-electron chi connectivity index (χ4n) is 1.54. The Morgan fingerprint density at radius 3 is 2.31 bits per heavy atom. The van der Waals surface area contributed by atoms with Crippen molar-refractivity contribution in [1.82, 2.24) is 5.32 Å². The summed E-state index contributed by atoms with van der Waals surface area (Å²) in [6.45, 7) is 6.05. The van der Waals surface area contributed by atoms with Gasteiger partial charge in [-0.2, -0.15) is 0 Å². The summed E-state index contributed by atoms with van der Waals surface area (Å²) in [6.07, 6.45) is 0.569. The van der Waals surface area contributed by atoms with Crippen molar-refractivity contribution in [2.75, 3.05) is 5.73 Å². The molecule has 0 aliphatic carbocycles. The minimum atomic E-state index is 0.0341. The van der Waals surface area contributed by atoms with Crippen LogP contribution in [0, 0.1) is 5.92 Å². The molecule has 0 spiro atoms. The molecule has 0 aliphatic rings. The molecule has 0 heterocycles. The standard InChI is InChI=1S/C13H20N2O/c1-9(2)8-13(16)15-10(3)11-4-6-12(14)7-5-11/h4-7,9-10H,8,14H2,1-3H3,(H,15,16). The van der Waals surface area contributed by atoms with Crippen LogP contribution < -0.4 is 11.1 Å². The van der Waals surface area contributed by atoms with E-state index in [-0.39, 0.29) is 11.9 Å². The van der Waals surface area contributed by atoms with E-state index in [4.69, 9.17) is 5.73 Å². The number of amides is 1. The molecule has 0 saturated heterocycles. The van der Waals surface area contributed by atoms with Gasteiger partial charge in [0.1, 0.15) is 0 Å². The van der Waals surface area contributed by atoms with Crippen LogP contribution >= 0.6 is 0 Å². The Hall–Kier alpha value is -1.51. The molecule has 1 aromatic rings. The lowest BCUT2D eigenvalue weighted by molar-refractivity contribution is -0.122. The first-order valence-electron chi connectivity index (χ1n) is 5.64. The fourth-order valence-corrected chi connectivity index (χ4v) is 1.54. The lowest BCUT2D eigenvalue weighted by Crippen LogP contribution is -2.27. The van der Waals surface area contributed by atoms with Crippen molar-refractivity contribution in [2.24, 2.45) is 5.92 Å². The molecular formula is C13H20N2O. The Bertz CT molecular complexity index is 343. The van der Waals surface area contributed by atoms with Crippen molar-refractivity contribution < 1.29 is 4.79 Å². The van der Waals surface area contributed by atoms with Gasteiger partial charge >= 0.3 is 0 Å². The number of rotatable bonds is 4. The van der Waals surface area contributed by atoms with Crippen molar-refractivity contribution in [2.45, 2.75) is 33.2 Å². The number of nitrogens with two attached hydrogens (primary N) is 1. The number of carbonyl (C=O) groups excluding carboxylic acids is 1. The maximum absolute atomic E-state index is 11.6. The van der Waals surface area contributed by atoms with E-state index in [2.05, 4.69) is 5.32 Å². The number of nitrogen functional groups attached to an aromatic ring is 1. The van der Waals surface area contributed by atoms with Crippen LogP contribution in [0.4, 0.5) is 5.69 Å². The van der Waals surface area contributed by atoms with Crippen LogP contribution in [0.3, 0.4) is 0 Å². The third kappa shape index (κ3) is 3.93. The number of hydrogen-bond acceptors (Lipinski definition) is 2. The molecule has 0 aromatic heterocycles. The van der Waals surface area contributed by atoms with Gasteiger partial charge in [-0.1, -0.05) is 26.0 Å². The number of nitrogens with one attached hydrogen (secondary N) is 1. The van der Waals surface area contributed by atoms with E-state index >= 15 is 0 Å². The zero-order valence-electron chi connectivity index (χ0n) is 10.2. The van der Waals surface area contributed by atoms with Crippen LogP contribution in [-0.4, -0.2) is 5.91 Å². The molecule has 0 radical (unpaired) electrons. The second kappa shape index (κ2) is 5.54. The van der Waals surface area contributed by atoms with E-state index in [1.54, 1.807) is 0 Å². The molecular weight excluding hydrogens is 200 g/mol. The van der Waals surface area contributed by atoms with Crippen LogP contribution in [0.2, 0.25) is 0 Å². The van der Waals surface area contributed by atoms with Crippen LogP contribution in [0.1, 0.15) is 38.8 Å². The average Bonchev–Trinajstić information content (AvgIpc) is 2.16. The van der Waals surface area contributed by atoms with Gasteiger partial charge in [0.05, 0.1) is 6.04 Å². The largest absolute Gasteiger partial charge is 0.399 e. The highest BCUT2D eigenvalue weighted by atomic mass is 16.1. The number of carbonyl (C=O) groups is 1. The van der Waals surface area contributed by atoms with Crippen LogP contribution in [-0.2, 0) is 4.79 Å². The fraction of sp³-hybridized carbons (Fsp3) is 0.462. The zero-order chi connectivity index (χ0) is 12.1. The topological polar surface area (TPSA) is 55.1 Å². The van der Waals surface area contributed by atoms with Crippen LogP contribution in [0.15, 0.2) is 24.3 Å². The summed E-state index contributed by atoms with van der Waals surface area (Å²) in [7, 11) is 0. The second-order valence-electron chi connectivity index (χ2n) is 4.55. The third-order valence-corrected chi connectivity index (χ3v) is 2.41. The molecule has 3 nitrogen and oxygen atoms in total. The quantitative estimate of drug-likeness (QED) is 0.766. The molecule has 16 heavy (non-hydrogen) atoms. The van der Waals surface area contributed by atoms with E-state index in [9.17, 15) is 4.79 Å². The van der Waals surface area contributed by atoms with Gasteiger partial charge in [-0.25, -0.2) is 0 Å². The molecule has 1 rings (SSSR count). The Morgan fingerprint density at radius 2 is 1.81 bits per heavy atom. The highest BCUT2D eigenvalue weighted by Crippen LogP contribution is 2.14. The number of benzene rings is 1. The lowest BCUT2D eigenvalue weighted by atomic mass is 10.1. The van der Waals surface area contributed by atoms with Gasteiger partial charge in [0.15, 0.2) is 0 Å². The molecule has 88 valence electrons. The molecule has 0 fully saturated rings. The van der Waals surface area contributed by atoms with Crippen molar-refractivity contribution in [1.29, 1.82) is 0 Å². The van der Waals surface area contributed by atoms with E-state index in [1.165, 1.54) is 0 Å². The monoisotopic (exact) mass is 220 g/mol. The molecule has 0 saturated carbocycles. The first-order chi connectivity index (χ1) is 7.49. The van der Waals surface area contributed by atoms with Gasteiger partial charge in [-0.15, -0.1) is 0 Å². The summed E-state index contributed by atoms with van der Waals surface area (Å²) in [5.74, 6) is 0.484. The van der Waals surface area contributed by atoms with Crippen molar-refractivity contribution >= 4 is 11.6 Å². The molecule has 1 amide bonds. The van der Waals surface area contributed by atoms with Crippen molar-refractivity contribution in [3.8, 4) is 0 Å². The maximum atomic E-state index is 11.6. The average molecular weight is 220 g/mol. The van der Waals surface area contributed by atoms with Gasteiger partial charge in [-0.05, 0) is 30.5 Å². The van der Waals surface area contributed by atoms with Crippen LogP contribution in [0.25, 0.3) is 0 Å². The van der Waals surface area contributed by atoms with Gasteiger partial charge < -0.3 is 11.1 Å². The number of hydrogen-bond donors (Lipinski definition) is 2. The summed E-state index contributed by atoms with van der Waals surface area (Å²) in [5.41, 5.74) is 7.42. The second-order valence-corrected chi connectivity index (χ2v) is 4.55. The Kier molecular flexibility index (Phi) is 4.35. The lowest BCUT2D eigenvalue weighted by Gasteiger charge is -2.15. The molecule has 0 aliphatic heterocycles. The summed E-state index contributed by atoms with van der Waals surface area (Å²) in [4.78, 5) is 11.6. The minimum absolute atomic E-state index is 0.0341. The zero-order valence-corrected chi connectivity index (χ0v) is 10.2. The normalized spacial score (nSPS) is 12.5. The Morgan fingerprint density at radius 1 is 1.25 bits per heavy atom. The molecule has 3 heteroatoms. The first kappa shape index (κ1) is 12.6. The van der Waals surface area contributed by atoms with E-state index in [0.29, 0.717) is 12.3 Å². The molecule has 3 N–H and O–H groups in total. The van der Waals surface area contributed by atoms with E-state index in [1.807, 2.05) is 45.0 Å². The molecule has 1 aromatic carbocycles. The highest BCUT2D eigenvalue weighted by Gasteiger charge is 2.10. The van der Waals surface area contributed by atoms with Crippen molar-refractivity contribution in [3.05, 3.63) is 29.8 Å². The van der Waals surface area contributed by atoms with Gasteiger partial charge in [-0.3, -0.25) is 4.79 Å². The predicted octanol–water partition coefficient (Wildman–Crippen LogP) is 2.49. The molecule has 0 bridgehead atoms. The van der Waals surface area contributed by atoms with E-state index < -0.39 is 0 Å². The van der Waals surface area contributed by atoms with Crippen LogP contribution in [0.5, 0.6) is 0 Å².